The lowest BCUT2D eigenvalue weighted by atomic mass is 10.1. The Morgan fingerprint density at radius 3 is 2.09 bits per heavy atom. The van der Waals surface area contributed by atoms with E-state index in [1.165, 1.54) is 63.7 Å². The molecular weight excluding hydrogens is 610 g/mol. The summed E-state index contributed by atoms with van der Waals surface area (Å²) < 4.78 is 51.1. The van der Waals surface area contributed by atoms with E-state index in [2.05, 4.69) is 5.32 Å². The van der Waals surface area contributed by atoms with E-state index in [1.807, 2.05) is 0 Å². The maximum Gasteiger partial charge on any atom is 0.265 e. The Balaban J connectivity index is 2.18. The summed E-state index contributed by atoms with van der Waals surface area (Å²) in [6, 6.07) is 14.4. The first-order valence-corrected chi connectivity index (χ1v) is 15.5. The third kappa shape index (κ3) is 8.06. The quantitative estimate of drug-likeness (QED) is 0.271. The van der Waals surface area contributed by atoms with E-state index in [0.29, 0.717) is 22.1 Å². The first-order valence-electron chi connectivity index (χ1n) is 13.7. The Morgan fingerprint density at radius 2 is 1.50 bits per heavy atom. The zero-order chi connectivity index (χ0) is 32.6. The van der Waals surface area contributed by atoms with E-state index < -0.39 is 34.4 Å². The largest absolute Gasteiger partial charge is 0.497 e. The van der Waals surface area contributed by atoms with Crippen molar-refractivity contribution in [1.82, 2.24) is 10.2 Å². The van der Waals surface area contributed by atoms with Crippen LogP contribution in [0.2, 0.25) is 5.02 Å². The van der Waals surface area contributed by atoms with Gasteiger partial charge in [-0.2, -0.15) is 0 Å². The molecule has 0 saturated heterocycles. The summed E-state index contributed by atoms with van der Waals surface area (Å²) in [6.45, 7) is 4.51. The minimum atomic E-state index is -4.45. The number of halogens is 1. The molecule has 0 bridgehead atoms. The molecule has 1 atom stereocenters. The molecule has 0 fully saturated rings. The lowest BCUT2D eigenvalue weighted by Gasteiger charge is -2.32. The molecule has 0 aromatic heterocycles. The van der Waals surface area contributed by atoms with Crippen LogP contribution >= 0.6 is 11.6 Å². The van der Waals surface area contributed by atoms with Crippen molar-refractivity contribution in [3.8, 4) is 23.0 Å². The van der Waals surface area contributed by atoms with Crippen LogP contribution < -0.4 is 28.6 Å². The molecule has 0 spiro atoms. The Morgan fingerprint density at radius 1 is 0.841 bits per heavy atom. The van der Waals surface area contributed by atoms with Gasteiger partial charge in [-0.15, -0.1) is 0 Å². The Labute approximate surface area is 263 Å². The average Bonchev–Trinajstić information content (AvgIpc) is 3.00. The highest BCUT2D eigenvalue weighted by molar-refractivity contribution is 7.92. The Hall–Kier alpha value is -4.16. The van der Waals surface area contributed by atoms with E-state index in [9.17, 15) is 18.0 Å². The third-order valence-corrected chi connectivity index (χ3v) is 8.71. The number of hydrogen-bond acceptors (Lipinski definition) is 8. The lowest BCUT2D eigenvalue weighted by Crippen LogP contribution is -2.52. The summed E-state index contributed by atoms with van der Waals surface area (Å²) in [7, 11) is 1.19. The van der Waals surface area contributed by atoms with E-state index >= 15 is 0 Å². The van der Waals surface area contributed by atoms with Crippen molar-refractivity contribution in [2.24, 2.45) is 0 Å². The fourth-order valence-corrected chi connectivity index (χ4v) is 6.07. The molecule has 1 N–H and O–H groups in total. The molecule has 44 heavy (non-hydrogen) atoms. The molecule has 0 aliphatic carbocycles. The van der Waals surface area contributed by atoms with Crippen LogP contribution in [0.1, 0.15) is 26.3 Å². The van der Waals surface area contributed by atoms with Gasteiger partial charge in [0.1, 0.15) is 24.1 Å². The predicted octanol–water partition coefficient (Wildman–Crippen LogP) is 4.51. The van der Waals surface area contributed by atoms with Crippen LogP contribution in [0, 0.1) is 0 Å². The molecule has 3 aromatic rings. The lowest BCUT2D eigenvalue weighted by molar-refractivity contribution is -0.139. The molecule has 11 nitrogen and oxygen atoms in total. The van der Waals surface area contributed by atoms with Crippen LogP contribution in [0.3, 0.4) is 0 Å². The number of amides is 2. The van der Waals surface area contributed by atoms with Gasteiger partial charge in [-0.05, 0) is 62.7 Å². The van der Waals surface area contributed by atoms with E-state index in [-0.39, 0.29) is 34.7 Å². The van der Waals surface area contributed by atoms with Crippen LogP contribution in [-0.4, -0.2) is 72.2 Å². The first-order chi connectivity index (χ1) is 20.9. The molecular formula is C31H38ClN3O8S. The second-order valence-electron chi connectivity index (χ2n) is 10.1. The molecule has 0 heterocycles. The van der Waals surface area contributed by atoms with E-state index in [0.717, 1.165) is 4.31 Å². The monoisotopic (exact) mass is 647 g/mol. The molecule has 0 unspecified atom stereocenters. The van der Waals surface area contributed by atoms with Gasteiger partial charge in [-0.25, -0.2) is 8.42 Å². The highest BCUT2D eigenvalue weighted by atomic mass is 35.5. The number of nitrogens with one attached hydrogen (secondary N) is 1. The molecule has 3 rings (SSSR count). The molecule has 2 amide bonds. The zero-order valence-electron chi connectivity index (χ0n) is 25.8. The third-order valence-electron chi connectivity index (χ3n) is 6.72. The van der Waals surface area contributed by atoms with Gasteiger partial charge in [0.05, 0.1) is 39.0 Å². The maximum atomic E-state index is 14.3. The highest BCUT2D eigenvalue weighted by Gasteiger charge is 2.34. The van der Waals surface area contributed by atoms with Crippen molar-refractivity contribution in [2.45, 2.75) is 44.3 Å². The number of hydrogen-bond donors (Lipinski definition) is 1. The van der Waals surface area contributed by atoms with Gasteiger partial charge in [-0.3, -0.25) is 13.9 Å². The normalized spacial score (nSPS) is 11.8. The van der Waals surface area contributed by atoms with Crippen LogP contribution in [0.5, 0.6) is 23.0 Å². The number of carbonyl (C=O) groups is 2. The molecule has 238 valence electrons. The SMILES string of the molecule is COc1ccc(OC)c(N(CC(=O)N(Cc2cccc(Cl)c2)[C@@H](C)C(=O)NC(C)C)S(=O)(=O)c2ccc(OC)c(OC)c2)c1. The summed E-state index contributed by atoms with van der Waals surface area (Å²) in [4.78, 5) is 28.5. The standard InChI is InChI=1S/C31H38ClN3O8S/c1-20(2)33-31(37)21(3)34(18-22-9-8-10-23(32)15-22)30(36)19-35(26-16-24(40-4)11-13-27(26)41-5)44(38,39)25-12-14-28(42-6)29(17-25)43-7/h8-17,20-21H,18-19H2,1-7H3,(H,33,37)/t21-/m0/s1. The Kier molecular flexibility index (Phi) is 11.7. The molecule has 0 radical (unpaired) electrons. The van der Waals surface area contributed by atoms with Crippen molar-refractivity contribution in [1.29, 1.82) is 0 Å². The van der Waals surface area contributed by atoms with Crippen molar-refractivity contribution in [3.63, 3.8) is 0 Å². The summed E-state index contributed by atoms with van der Waals surface area (Å²) >= 11 is 6.20. The van der Waals surface area contributed by atoms with Gasteiger partial charge in [0.25, 0.3) is 10.0 Å². The highest BCUT2D eigenvalue weighted by Crippen LogP contribution is 2.37. The molecule has 0 saturated carbocycles. The van der Waals surface area contributed by atoms with E-state index in [1.54, 1.807) is 51.1 Å². The van der Waals surface area contributed by atoms with Gasteiger partial charge in [0, 0.05) is 29.7 Å². The van der Waals surface area contributed by atoms with Crippen molar-refractivity contribution >= 4 is 39.1 Å². The number of carbonyl (C=O) groups excluding carboxylic acids is 2. The van der Waals surface area contributed by atoms with Crippen LogP contribution in [0.15, 0.2) is 65.6 Å². The van der Waals surface area contributed by atoms with Gasteiger partial charge in [0.2, 0.25) is 11.8 Å². The minimum Gasteiger partial charge on any atom is -0.497 e. The Bertz CT molecular complexity index is 1580. The number of benzene rings is 3. The fraction of sp³-hybridized carbons (Fsp3) is 0.355. The second-order valence-corrected chi connectivity index (χ2v) is 12.4. The first kappa shape index (κ1) is 34.3. The van der Waals surface area contributed by atoms with Gasteiger partial charge in [0.15, 0.2) is 11.5 Å². The number of sulfonamides is 1. The maximum absolute atomic E-state index is 14.3. The summed E-state index contributed by atoms with van der Waals surface area (Å²) in [5, 5.41) is 3.27. The summed E-state index contributed by atoms with van der Waals surface area (Å²) in [5.74, 6) is -0.0328. The number of ether oxygens (including phenoxy) is 4. The molecule has 13 heteroatoms. The van der Waals surface area contributed by atoms with Gasteiger partial charge < -0.3 is 29.2 Å². The van der Waals surface area contributed by atoms with E-state index in [4.69, 9.17) is 30.5 Å². The average molecular weight is 648 g/mol. The number of methoxy groups -OCH3 is 4. The summed E-state index contributed by atoms with van der Waals surface area (Å²) in [6.07, 6.45) is 0. The zero-order valence-corrected chi connectivity index (χ0v) is 27.4. The number of nitrogens with zero attached hydrogens (tertiary/aromatic N) is 2. The smallest absolute Gasteiger partial charge is 0.265 e. The van der Waals surface area contributed by atoms with Crippen molar-refractivity contribution in [3.05, 3.63) is 71.2 Å². The predicted molar refractivity (Wildman–Crippen MR) is 168 cm³/mol. The second kappa shape index (κ2) is 15.0. The summed E-state index contributed by atoms with van der Waals surface area (Å²) in [5.41, 5.74) is 0.709. The van der Waals surface area contributed by atoms with Gasteiger partial charge in [-0.1, -0.05) is 23.7 Å². The topological polar surface area (TPSA) is 124 Å². The van der Waals surface area contributed by atoms with Crippen LogP contribution in [0.4, 0.5) is 5.69 Å². The number of anilines is 1. The molecule has 3 aromatic carbocycles. The van der Waals surface area contributed by atoms with Crippen molar-refractivity contribution < 1.29 is 37.0 Å². The number of rotatable bonds is 14. The molecule has 0 aliphatic heterocycles. The van der Waals surface area contributed by atoms with Crippen molar-refractivity contribution in [2.75, 3.05) is 39.3 Å². The minimum absolute atomic E-state index is 0.00837. The molecule has 0 aliphatic rings. The fourth-order valence-electron chi connectivity index (χ4n) is 4.43. The van der Waals surface area contributed by atoms with Crippen LogP contribution in [0.25, 0.3) is 0 Å². The van der Waals surface area contributed by atoms with Crippen LogP contribution in [-0.2, 0) is 26.2 Å². The van der Waals surface area contributed by atoms with Gasteiger partial charge >= 0.3 is 0 Å².